The van der Waals surface area contributed by atoms with Gasteiger partial charge in [0, 0.05) is 37.9 Å². The highest BCUT2D eigenvalue weighted by atomic mass is 19.3. The van der Waals surface area contributed by atoms with E-state index in [2.05, 4.69) is 22.1 Å². The van der Waals surface area contributed by atoms with Gasteiger partial charge in [0.25, 0.3) is 5.92 Å². The van der Waals surface area contributed by atoms with Crippen LogP contribution in [0, 0.1) is 11.8 Å². The Kier molecular flexibility index (Phi) is 6.70. The summed E-state index contributed by atoms with van der Waals surface area (Å²) in [5.74, 6) is 5.70. The smallest absolute Gasteiger partial charge is 0.251 e. The first-order chi connectivity index (χ1) is 16.5. The number of benzene rings is 1. The van der Waals surface area contributed by atoms with E-state index < -0.39 is 5.92 Å². The zero-order valence-electron chi connectivity index (χ0n) is 19.6. The predicted octanol–water partition coefficient (Wildman–Crippen LogP) is 3.52. The van der Waals surface area contributed by atoms with Crippen LogP contribution in [0.2, 0.25) is 0 Å². The molecule has 3 fully saturated rings. The van der Waals surface area contributed by atoms with Gasteiger partial charge in [-0.05, 0) is 44.5 Å². The first-order valence-corrected chi connectivity index (χ1v) is 12.1. The number of likely N-dealkylation sites (tertiary alicyclic amines) is 1. The number of fused-ring (bicyclic) bond motifs is 1. The van der Waals surface area contributed by atoms with Crippen LogP contribution in [0.4, 0.5) is 20.5 Å². The second kappa shape index (κ2) is 9.88. The third-order valence-electron chi connectivity index (χ3n) is 6.78. The number of anilines is 2. The van der Waals surface area contributed by atoms with Gasteiger partial charge in [-0.25, -0.2) is 13.8 Å². The monoisotopic (exact) mass is 471 g/mol. The Balaban J connectivity index is 1.50. The van der Waals surface area contributed by atoms with Gasteiger partial charge in [-0.2, -0.15) is 4.98 Å². The maximum Gasteiger partial charge on any atom is 0.251 e. The number of piperidine rings is 1. The Labute approximate surface area is 198 Å². The average Bonchev–Trinajstić information content (AvgIpc) is 3.53. The highest BCUT2D eigenvalue weighted by Crippen LogP contribution is 2.34. The second-order valence-corrected chi connectivity index (χ2v) is 9.27. The third-order valence-corrected chi connectivity index (χ3v) is 6.78. The average molecular weight is 472 g/mol. The number of halogens is 2. The lowest BCUT2D eigenvalue weighted by atomic mass is 10.1. The van der Waals surface area contributed by atoms with Crippen LogP contribution in [0.1, 0.15) is 37.7 Å². The minimum atomic E-state index is -2.62. The first kappa shape index (κ1) is 23.1. The van der Waals surface area contributed by atoms with Crippen molar-refractivity contribution in [2.24, 2.45) is 0 Å². The summed E-state index contributed by atoms with van der Waals surface area (Å²) in [6, 6.07) is 3.98. The van der Waals surface area contributed by atoms with Gasteiger partial charge in [-0.1, -0.05) is 11.8 Å². The Bertz CT molecular complexity index is 1080. The molecule has 0 spiro atoms. The molecule has 0 radical (unpaired) electrons. The Morgan fingerprint density at radius 3 is 2.68 bits per heavy atom. The van der Waals surface area contributed by atoms with E-state index in [1.165, 1.54) is 12.8 Å². The number of hydrogen-bond donors (Lipinski definition) is 1. The molecule has 1 N–H and O–H groups in total. The molecule has 0 aliphatic carbocycles. The molecule has 0 saturated carbocycles. The van der Waals surface area contributed by atoms with Crippen molar-refractivity contribution >= 4 is 22.7 Å². The molecule has 0 amide bonds. The fourth-order valence-electron chi connectivity index (χ4n) is 4.72. The summed E-state index contributed by atoms with van der Waals surface area (Å²) in [6.45, 7) is 4.67. The van der Waals surface area contributed by atoms with E-state index in [9.17, 15) is 8.78 Å². The summed E-state index contributed by atoms with van der Waals surface area (Å²) in [4.78, 5) is 13.7. The molecule has 1 unspecified atom stereocenters. The Morgan fingerprint density at radius 1 is 1.18 bits per heavy atom. The fraction of sp³-hybridized carbons (Fsp3) is 0.600. The van der Waals surface area contributed by atoms with Crippen molar-refractivity contribution in [1.29, 1.82) is 0 Å². The molecule has 5 rings (SSSR count). The maximum atomic E-state index is 13.7. The number of nitrogens with zero attached hydrogens (tertiary/aromatic N) is 4. The Hall–Kier alpha value is -2.70. The first-order valence-electron chi connectivity index (χ1n) is 12.1. The van der Waals surface area contributed by atoms with Gasteiger partial charge in [0.2, 0.25) is 5.95 Å². The topological polar surface area (TPSA) is 62.8 Å². The van der Waals surface area contributed by atoms with Gasteiger partial charge in [-0.3, -0.25) is 4.90 Å². The number of methoxy groups -OCH3 is 1. The molecule has 3 aliphatic heterocycles. The van der Waals surface area contributed by atoms with Crippen LogP contribution in [0.25, 0.3) is 10.9 Å². The lowest BCUT2D eigenvalue weighted by Gasteiger charge is -2.32. The zero-order chi connectivity index (χ0) is 23.5. The van der Waals surface area contributed by atoms with Crippen molar-refractivity contribution in [2.45, 2.75) is 44.1 Å². The molecule has 7 nitrogen and oxygen atoms in total. The van der Waals surface area contributed by atoms with Crippen LogP contribution in [0.3, 0.4) is 0 Å². The van der Waals surface area contributed by atoms with Crippen molar-refractivity contribution in [1.82, 2.24) is 14.9 Å². The predicted molar refractivity (Wildman–Crippen MR) is 128 cm³/mol. The molecule has 1 atom stereocenters. The number of rotatable bonds is 5. The molecule has 1 aromatic heterocycles. The second-order valence-electron chi connectivity index (χ2n) is 9.27. The molecule has 3 aliphatic rings. The lowest BCUT2D eigenvalue weighted by molar-refractivity contribution is -0.0222. The van der Waals surface area contributed by atoms with Crippen LogP contribution in [-0.4, -0.2) is 79.9 Å². The summed E-state index contributed by atoms with van der Waals surface area (Å²) in [5, 5.41) is 4.30. The molecule has 0 bridgehead atoms. The third kappa shape index (κ3) is 5.18. The molecule has 3 saturated heterocycles. The van der Waals surface area contributed by atoms with Crippen LogP contribution in [0.15, 0.2) is 12.1 Å². The number of aromatic nitrogens is 2. The van der Waals surface area contributed by atoms with Gasteiger partial charge in [0.15, 0.2) is 0 Å². The minimum Gasteiger partial charge on any atom is -0.495 e. The number of hydrogen-bond acceptors (Lipinski definition) is 7. The molecule has 2 aromatic rings. The van der Waals surface area contributed by atoms with E-state index in [0.717, 1.165) is 42.5 Å². The van der Waals surface area contributed by atoms with Gasteiger partial charge >= 0.3 is 0 Å². The van der Waals surface area contributed by atoms with E-state index in [1.54, 1.807) is 7.11 Å². The molecule has 34 heavy (non-hydrogen) atoms. The zero-order valence-corrected chi connectivity index (χ0v) is 19.6. The van der Waals surface area contributed by atoms with Crippen LogP contribution in [0.5, 0.6) is 5.75 Å². The molecular weight excluding hydrogens is 440 g/mol. The molecule has 4 heterocycles. The van der Waals surface area contributed by atoms with Gasteiger partial charge in [0.1, 0.15) is 11.6 Å². The molecule has 182 valence electrons. The van der Waals surface area contributed by atoms with Crippen molar-refractivity contribution in [2.75, 3.05) is 63.3 Å². The van der Waals surface area contributed by atoms with E-state index in [0.29, 0.717) is 30.7 Å². The quantitative estimate of drug-likeness (QED) is 0.670. The SMILES string of the molecule is COc1cc2c(NC3CCOC3)nc(N3CCC(F)(F)CC3)nc2cc1C#CCN1CCCC1. The number of nitrogens with one attached hydrogen (secondary N) is 1. The fourth-order valence-corrected chi connectivity index (χ4v) is 4.72. The van der Waals surface area contributed by atoms with E-state index >= 15 is 0 Å². The van der Waals surface area contributed by atoms with Crippen molar-refractivity contribution in [3.05, 3.63) is 17.7 Å². The number of ether oxygens (including phenoxy) is 2. The highest BCUT2D eigenvalue weighted by molar-refractivity contribution is 5.93. The van der Waals surface area contributed by atoms with Crippen LogP contribution < -0.4 is 15.0 Å². The highest BCUT2D eigenvalue weighted by Gasteiger charge is 2.35. The summed E-state index contributed by atoms with van der Waals surface area (Å²) in [6.07, 6.45) is 2.96. The maximum absolute atomic E-state index is 13.7. The summed E-state index contributed by atoms with van der Waals surface area (Å²) in [7, 11) is 1.63. The Morgan fingerprint density at radius 2 is 1.97 bits per heavy atom. The summed E-state index contributed by atoms with van der Waals surface area (Å²) in [5.41, 5.74) is 1.48. The van der Waals surface area contributed by atoms with Crippen molar-refractivity contribution in [3.63, 3.8) is 0 Å². The molecular formula is C25H31F2N5O2. The molecule has 9 heteroatoms. The minimum absolute atomic E-state index is 0.141. The van der Waals surface area contributed by atoms with E-state index in [4.69, 9.17) is 19.4 Å². The van der Waals surface area contributed by atoms with Gasteiger partial charge in [0.05, 0.1) is 37.4 Å². The van der Waals surface area contributed by atoms with Gasteiger partial charge < -0.3 is 19.7 Å². The van der Waals surface area contributed by atoms with Crippen LogP contribution in [-0.2, 0) is 4.74 Å². The summed E-state index contributed by atoms with van der Waals surface area (Å²) < 4.78 is 38.6. The van der Waals surface area contributed by atoms with Crippen molar-refractivity contribution in [3.8, 4) is 17.6 Å². The van der Waals surface area contributed by atoms with Gasteiger partial charge in [-0.15, -0.1) is 0 Å². The molecule has 1 aromatic carbocycles. The van der Waals surface area contributed by atoms with E-state index in [1.807, 2.05) is 17.0 Å². The summed E-state index contributed by atoms with van der Waals surface area (Å²) >= 11 is 0. The lowest BCUT2D eigenvalue weighted by Crippen LogP contribution is -2.40. The van der Waals surface area contributed by atoms with Crippen molar-refractivity contribution < 1.29 is 18.3 Å². The normalized spacial score (nSPS) is 22.6. The number of alkyl halides is 2. The van der Waals surface area contributed by atoms with E-state index in [-0.39, 0.29) is 32.0 Å². The van der Waals surface area contributed by atoms with Crippen LogP contribution >= 0.6 is 0 Å². The largest absolute Gasteiger partial charge is 0.495 e. The standard InChI is InChI=1S/C25H31F2N5O2/c1-33-22-16-20-21(15-18(22)5-4-11-31-9-2-3-10-31)29-24(32-12-7-25(26,27)8-13-32)30-23(20)28-19-6-14-34-17-19/h15-16,19H,2-3,6-14,17H2,1H3,(H,28,29,30).